The zero-order valence-corrected chi connectivity index (χ0v) is 7.87. The lowest BCUT2D eigenvalue weighted by molar-refractivity contribution is -0.178. The van der Waals surface area contributed by atoms with Crippen LogP contribution in [0.15, 0.2) is 24.5 Å². The predicted octanol–water partition coefficient (Wildman–Crippen LogP) is 1.60. The number of hydrogen-bond acceptors (Lipinski definition) is 3. The fourth-order valence-electron chi connectivity index (χ4n) is 0.925. The van der Waals surface area contributed by atoms with Crippen LogP contribution in [0.2, 0.25) is 0 Å². The molecule has 15 heavy (non-hydrogen) atoms. The largest absolute Gasteiger partial charge is 0.491 e. The van der Waals surface area contributed by atoms with Gasteiger partial charge in [0.25, 0.3) is 0 Å². The molecule has 1 rings (SSSR count). The Hall–Kier alpha value is -1.30. The highest BCUT2D eigenvalue weighted by molar-refractivity contribution is 5.15. The molecule has 0 aliphatic heterocycles. The van der Waals surface area contributed by atoms with Crippen molar-refractivity contribution in [2.24, 2.45) is 11.7 Å². The molecule has 1 heterocycles. The molecule has 0 radical (unpaired) electrons. The number of pyridine rings is 1. The first-order chi connectivity index (χ1) is 7.04. The third kappa shape index (κ3) is 3.75. The van der Waals surface area contributed by atoms with E-state index in [1.54, 1.807) is 6.07 Å². The van der Waals surface area contributed by atoms with Crippen molar-refractivity contribution in [3.8, 4) is 5.75 Å². The molecule has 2 N–H and O–H groups in total. The van der Waals surface area contributed by atoms with Crippen molar-refractivity contribution in [1.29, 1.82) is 0 Å². The molecule has 3 nitrogen and oxygen atoms in total. The Morgan fingerprint density at radius 3 is 2.67 bits per heavy atom. The first kappa shape index (κ1) is 11.8. The van der Waals surface area contributed by atoms with Gasteiger partial charge >= 0.3 is 6.18 Å². The zero-order valence-electron chi connectivity index (χ0n) is 7.87. The number of aromatic nitrogens is 1. The Labute approximate surface area is 85.1 Å². The van der Waals surface area contributed by atoms with Crippen molar-refractivity contribution in [1.82, 2.24) is 4.98 Å². The smallest absolute Gasteiger partial charge is 0.396 e. The number of alkyl halides is 3. The van der Waals surface area contributed by atoms with E-state index >= 15 is 0 Å². The van der Waals surface area contributed by atoms with Gasteiger partial charge in [0.05, 0.1) is 6.20 Å². The molecular weight excluding hydrogens is 209 g/mol. The van der Waals surface area contributed by atoms with Gasteiger partial charge in [-0.25, -0.2) is 0 Å². The molecule has 1 atom stereocenters. The van der Waals surface area contributed by atoms with Gasteiger partial charge in [0.1, 0.15) is 18.3 Å². The average Bonchev–Trinajstić information content (AvgIpc) is 2.18. The first-order valence-corrected chi connectivity index (χ1v) is 4.33. The van der Waals surface area contributed by atoms with Crippen molar-refractivity contribution in [2.45, 2.75) is 6.18 Å². The van der Waals surface area contributed by atoms with Crippen LogP contribution in [0.1, 0.15) is 0 Å². The van der Waals surface area contributed by atoms with Crippen molar-refractivity contribution < 1.29 is 17.9 Å². The van der Waals surface area contributed by atoms with Crippen molar-refractivity contribution >= 4 is 0 Å². The molecule has 0 bridgehead atoms. The molecule has 0 aliphatic rings. The number of hydrogen-bond donors (Lipinski definition) is 1. The van der Waals surface area contributed by atoms with E-state index in [1.165, 1.54) is 18.5 Å². The first-order valence-electron chi connectivity index (χ1n) is 4.33. The van der Waals surface area contributed by atoms with E-state index in [1.807, 2.05) is 0 Å². The molecule has 1 aromatic rings. The van der Waals surface area contributed by atoms with E-state index in [2.05, 4.69) is 4.98 Å². The second-order valence-corrected chi connectivity index (χ2v) is 2.97. The topological polar surface area (TPSA) is 48.1 Å². The fourth-order valence-corrected chi connectivity index (χ4v) is 0.925. The minimum Gasteiger partial charge on any atom is -0.491 e. The van der Waals surface area contributed by atoms with E-state index in [-0.39, 0.29) is 0 Å². The van der Waals surface area contributed by atoms with Gasteiger partial charge in [-0.1, -0.05) is 0 Å². The van der Waals surface area contributed by atoms with Crippen molar-refractivity contribution in [2.75, 3.05) is 13.2 Å². The maximum absolute atomic E-state index is 12.2. The summed E-state index contributed by atoms with van der Waals surface area (Å²) < 4.78 is 41.7. The van der Waals surface area contributed by atoms with Gasteiger partial charge < -0.3 is 10.5 Å². The second-order valence-electron chi connectivity index (χ2n) is 2.97. The van der Waals surface area contributed by atoms with Gasteiger partial charge in [-0.15, -0.1) is 0 Å². The van der Waals surface area contributed by atoms with Crippen LogP contribution in [0.3, 0.4) is 0 Å². The van der Waals surface area contributed by atoms with Gasteiger partial charge in [0, 0.05) is 12.7 Å². The number of nitrogens with zero attached hydrogens (tertiary/aromatic N) is 1. The third-order valence-corrected chi connectivity index (χ3v) is 1.83. The fraction of sp³-hybridized carbons (Fsp3) is 0.444. The monoisotopic (exact) mass is 220 g/mol. The predicted molar refractivity (Wildman–Crippen MR) is 48.3 cm³/mol. The van der Waals surface area contributed by atoms with Crippen molar-refractivity contribution in [3.63, 3.8) is 0 Å². The quantitative estimate of drug-likeness (QED) is 0.838. The summed E-state index contributed by atoms with van der Waals surface area (Å²) in [5, 5.41) is 0. The van der Waals surface area contributed by atoms with E-state index in [0.29, 0.717) is 5.75 Å². The highest BCUT2D eigenvalue weighted by Crippen LogP contribution is 2.25. The highest BCUT2D eigenvalue weighted by Gasteiger charge is 2.39. The normalized spacial score (nSPS) is 13.6. The Kier molecular flexibility index (Phi) is 3.90. The standard InChI is InChI=1S/C9H11F3N2O/c10-9(11,12)7(4-13)6-15-8-2-1-3-14-5-8/h1-3,5,7H,4,6,13H2. The van der Waals surface area contributed by atoms with Crippen molar-refractivity contribution in [3.05, 3.63) is 24.5 Å². The molecule has 1 aromatic heterocycles. The van der Waals surface area contributed by atoms with E-state index in [9.17, 15) is 13.2 Å². The van der Waals surface area contributed by atoms with E-state index in [4.69, 9.17) is 10.5 Å². The number of ether oxygens (including phenoxy) is 1. The number of rotatable bonds is 4. The Bertz CT molecular complexity index is 289. The lowest BCUT2D eigenvalue weighted by atomic mass is 10.1. The molecule has 0 aliphatic carbocycles. The van der Waals surface area contributed by atoms with Gasteiger partial charge in [-0.2, -0.15) is 13.2 Å². The summed E-state index contributed by atoms with van der Waals surface area (Å²) in [6, 6.07) is 3.12. The molecule has 0 fully saturated rings. The van der Waals surface area contributed by atoms with Crippen LogP contribution >= 0.6 is 0 Å². The van der Waals surface area contributed by atoms with Gasteiger partial charge in [-0.05, 0) is 12.1 Å². The lowest BCUT2D eigenvalue weighted by Crippen LogP contribution is -2.35. The van der Waals surface area contributed by atoms with Crippen LogP contribution in [0, 0.1) is 5.92 Å². The van der Waals surface area contributed by atoms with Gasteiger partial charge in [0.15, 0.2) is 0 Å². The van der Waals surface area contributed by atoms with Crippen LogP contribution < -0.4 is 10.5 Å². The molecule has 84 valence electrons. The van der Waals surface area contributed by atoms with Gasteiger partial charge in [-0.3, -0.25) is 4.98 Å². The van der Waals surface area contributed by atoms with Crippen LogP contribution in [-0.4, -0.2) is 24.3 Å². The van der Waals surface area contributed by atoms with E-state index < -0.39 is 25.2 Å². The minimum atomic E-state index is -4.32. The summed E-state index contributed by atoms with van der Waals surface area (Å²) >= 11 is 0. The molecule has 0 spiro atoms. The Morgan fingerprint density at radius 2 is 2.20 bits per heavy atom. The molecule has 0 saturated heterocycles. The van der Waals surface area contributed by atoms with Crippen LogP contribution in [0.5, 0.6) is 5.75 Å². The molecule has 0 aromatic carbocycles. The summed E-state index contributed by atoms with van der Waals surface area (Å²) in [6.45, 7) is -0.963. The minimum absolute atomic E-state index is 0.306. The summed E-state index contributed by atoms with van der Waals surface area (Å²) in [5.41, 5.74) is 5.01. The number of halogens is 3. The Balaban J connectivity index is 2.49. The maximum Gasteiger partial charge on any atom is 0.396 e. The van der Waals surface area contributed by atoms with Gasteiger partial charge in [0.2, 0.25) is 0 Å². The molecular formula is C9H11F3N2O. The molecule has 0 saturated carbocycles. The van der Waals surface area contributed by atoms with E-state index in [0.717, 1.165) is 0 Å². The van der Waals surface area contributed by atoms with Crippen LogP contribution in [-0.2, 0) is 0 Å². The average molecular weight is 220 g/mol. The third-order valence-electron chi connectivity index (χ3n) is 1.83. The lowest BCUT2D eigenvalue weighted by Gasteiger charge is -2.18. The second kappa shape index (κ2) is 4.97. The molecule has 6 heteroatoms. The maximum atomic E-state index is 12.2. The van der Waals surface area contributed by atoms with Crippen LogP contribution in [0.4, 0.5) is 13.2 Å². The number of nitrogens with two attached hydrogens (primary N) is 1. The Morgan fingerprint density at radius 1 is 1.47 bits per heavy atom. The molecule has 1 unspecified atom stereocenters. The molecule has 0 amide bonds. The SMILES string of the molecule is NCC(COc1cccnc1)C(F)(F)F. The zero-order chi connectivity index (χ0) is 11.3. The summed E-state index contributed by atoms with van der Waals surface area (Å²) in [5.74, 6) is -1.34. The highest BCUT2D eigenvalue weighted by atomic mass is 19.4. The van der Waals surface area contributed by atoms with Crippen LogP contribution in [0.25, 0.3) is 0 Å². The summed E-state index contributed by atoms with van der Waals surface area (Å²) in [4.78, 5) is 3.71. The summed E-state index contributed by atoms with van der Waals surface area (Å²) in [6.07, 6.45) is -1.46. The summed E-state index contributed by atoms with van der Waals surface area (Å²) in [7, 11) is 0.